The van der Waals surface area contributed by atoms with Crippen molar-refractivity contribution in [2.45, 2.75) is 18.5 Å². The second kappa shape index (κ2) is 5.46. The van der Waals surface area contributed by atoms with Gasteiger partial charge in [-0.25, -0.2) is 0 Å². The van der Waals surface area contributed by atoms with Crippen LogP contribution >= 0.6 is 0 Å². The molecule has 0 radical (unpaired) electrons. The maximum Gasteiger partial charge on any atom is 0.0412 e. The number of nitrogens with one attached hydrogen (secondary N) is 1. The number of hydrogen-bond acceptors (Lipinski definition) is 4. The zero-order chi connectivity index (χ0) is 10.6. The first-order valence-corrected chi connectivity index (χ1v) is 5.14. The van der Waals surface area contributed by atoms with Crippen LogP contribution in [0.2, 0.25) is 0 Å². The van der Waals surface area contributed by atoms with Gasteiger partial charge < -0.3 is 4.90 Å². The average Bonchev–Trinajstić information content (AvgIpc) is 2.18. The monoisotopic (exact) mass is 198 g/mol. The second-order valence-corrected chi connectivity index (χ2v) is 4.11. The Morgan fingerprint density at radius 2 is 2.29 bits per heavy atom. The number of piperazine rings is 1. The third kappa shape index (κ3) is 2.78. The van der Waals surface area contributed by atoms with Crippen LogP contribution in [0.4, 0.5) is 0 Å². The Morgan fingerprint density at radius 1 is 1.57 bits per heavy atom. The summed E-state index contributed by atoms with van der Waals surface area (Å²) in [5, 5.41) is 0. The van der Waals surface area contributed by atoms with E-state index in [1.165, 1.54) is 0 Å². The number of nitrogens with two attached hydrogens (primary N) is 1. The molecular formula is C10H22N4. The van der Waals surface area contributed by atoms with Crippen LogP contribution in [-0.2, 0) is 0 Å². The van der Waals surface area contributed by atoms with Gasteiger partial charge in [-0.05, 0) is 20.5 Å². The molecule has 14 heavy (non-hydrogen) atoms. The fraction of sp³-hybridized carbons (Fsp3) is 0.800. The Morgan fingerprint density at radius 3 is 2.86 bits per heavy atom. The first kappa shape index (κ1) is 11.7. The predicted molar refractivity (Wildman–Crippen MR) is 59.8 cm³/mol. The standard InChI is InChI=1S/C10H22N4/c1-4-5-9(12-11)10-8-13(2)6-7-14(10)3/h4,9-10,12H,1,5-8,11H2,2-3H3. The maximum atomic E-state index is 5.55. The van der Waals surface area contributed by atoms with E-state index in [-0.39, 0.29) is 0 Å². The summed E-state index contributed by atoms with van der Waals surface area (Å²) >= 11 is 0. The molecule has 1 rings (SSSR count). The molecule has 82 valence electrons. The third-order valence-electron chi connectivity index (χ3n) is 3.00. The lowest BCUT2D eigenvalue weighted by atomic mass is 10.0. The Bertz CT molecular complexity index is 183. The van der Waals surface area contributed by atoms with Crippen LogP contribution in [0.5, 0.6) is 0 Å². The lowest BCUT2D eigenvalue weighted by Crippen LogP contribution is -2.59. The topological polar surface area (TPSA) is 44.5 Å². The smallest absolute Gasteiger partial charge is 0.0412 e. The maximum absolute atomic E-state index is 5.55. The highest BCUT2D eigenvalue weighted by molar-refractivity contribution is 4.91. The van der Waals surface area contributed by atoms with Crippen LogP contribution in [0.3, 0.4) is 0 Å². The normalized spacial score (nSPS) is 27.5. The lowest BCUT2D eigenvalue weighted by molar-refractivity contribution is 0.0884. The molecule has 0 aromatic carbocycles. The van der Waals surface area contributed by atoms with E-state index in [2.05, 4.69) is 35.9 Å². The van der Waals surface area contributed by atoms with Crippen molar-refractivity contribution in [1.29, 1.82) is 0 Å². The minimum atomic E-state index is 0.306. The van der Waals surface area contributed by atoms with E-state index < -0.39 is 0 Å². The molecule has 0 bridgehead atoms. The molecule has 0 aromatic rings. The van der Waals surface area contributed by atoms with Gasteiger partial charge in [-0.1, -0.05) is 6.08 Å². The molecule has 3 N–H and O–H groups in total. The highest BCUT2D eigenvalue weighted by atomic mass is 15.3. The van der Waals surface area contributed by atoms with Gasteiger partial charge in [0, 0.05) is 31.7 Å². The van der Waals surface area contributed by atoms with E-state index in [0.717, 1.165) is 26.1 Å². The van der Waals surface area contributed by atoms with Gasteiger partial charge in [-0.15, -0.1) is 6.58 Å². The largest absolute Gasteiger partial charge is 0.303 e. The number of rotatable bonds is 4. The molecule has 0 aliphatic carbocycles. The van der Waals surface area contributed by atoms with Gasteiger partial charge in [0.1, 0.15) is 0 Å². The van der Waals surface area contributed by atoms with Crippen LogP contribution in [0, 0.1) is 0 Å². The third-order valence-corrected chi connectivity index (χ3v) is 3.00. The van der Waals surface area contributed by atoms with Crippen LogP contribution in [0.1, 0.15) is 6.42 Å². The molecule has 0 saturated carbocycles. The van der Waals surface area contributed by atoms with E-state index in [1.54, 1.807) is 0 Å². The van der Waals surface area contributed by atoms with Gasteiger partial charge in [0.25, 0.3) is 0 Å². The number of nitrogens with zero attached hydrogens (tertiary/aromatic N) is 2. The van der Waals surface area contributed by atoms with Gasteiger partial charge in [0.2, 0.25) is 0 Å². The van der Waals surface area contributed by atoms with Crippen molar-refractivity contribution < 1.29 is 0 Å². The van der Waals surface area contributed by atoms with Crippen molar-refractivity contribution in [1.82, 2.24) is 15.2 Å². The minimum absolute atomic E-state index is 0.306. The first-order chi connectivity index (χ1) is 6.69. The number of hydrogen-bond donors (Lipinski definition) is 2. The van der Waals surface area contributed by atoms with E-state index >= 15 is 0 Å². The van der Waals surface area contributed by atoms with Crippen LogP contribution in [-0.4, -0.2) is 55.6 Å². The fourth-order valence-corrected chi connectivity index (χ4v) is 1.99. The van der Waals surface area contributed by atoms with E-state index in [4.69, 9.17) is 5.84 Å². The molecule has 1 saturated heterocycles. The highest BCUT2D eigenvalue weighted by Crippen LogP contribution is 2.12. The molecule has 1 aliphatic rings. The lowest BCUT2D eigenvalue weighted by Gasteiger charge is -2.41. The second-order valence-electron chi connectivity index (χ2n) is 4.11. The molecule has 0 amide bonds. The molecule has 0 spiro atoms. The Labute approximate surface area is 86.7 Å². The van der Waals surface area contributed by atoms with Crippen LogP contribution in [0.15, 0.2) is 12.7 Å². The quantitative estimate of drug-likeness (QED) is 0.368. The van der Waals surface area contributed by atoms with Crippen molar-refractivity contribution in [3.63, 3.8) is 0 Å². The predicted octanol–water partition coefficient (Wildman–Crippen LogP) is -0.360. The van der Waals surface area contributed by atoms with Crippen molar-refractivity contribution in [3.8, 4) is 0 Å². The van der Waals surface area contributed by atoms with Crippen LogP contribution < -0.4 is 11.3 Å². The minimum Gasteiger partial charge on any atom is -0.303 e. The summed E-state index contributed by atoms with van der Waals surface area (Å²) in [5.41, 5.74) is 2.88. The zero-order valence-corrected chi connectivity index (χ0v) is 9.24. The first-order valence-electron chi connectivity index (χ1n) is 5.14. The Kier molecular flexibility index (Phi) is 4.54. The average molecular weight is 198 g/mol. The van der Waals surface area contributed by atoms with Crippen molar-refractivity contribution in [3.05, 3.63) is 12.7 Å². The van der Waals surface area contributed by atoms with Crippen molar-refractivity contribution >= 4 is 0 Å². The molecule has 1 heterocycles. The van der Waals surface area contributed by atoms with E-state index in [9.17, 15) is 0 Å². The molecule has 1 fully saturated rings. The summed E-state index contributed by atoms with van der Waals surface area (Å²) in [6, 6.07) is 0.789. The van der Waals surface area contributed by atoms with Gasteiger partial charge >= 0.3 is 0 Å². The van der Waals surface area contributed by atoms with Crippen molar-refractivity contribution in [2.24, 2.45) is 5.84 Å². The number of likely N-dealkylation sites (N-methyl/N-ethyl adjacent to an activating group) is 2. The van der Waals surface area contributed by atoms with Gasteiger partial charge in [-0.3, -0.25) is 16.2 Å². The summed E-state index contributed by atoms with van der Waals surface area (Å²) in [7, 11) is 4.31. The molecular weight excluding hydrogens is 176 g/mol. The molecule has 0 aromatic heterocycles. The molecule has 4 nitrogen and oxygen atoms in total. The summed E-state index contributed by atoms with van der Waals surface area (Å²) in [5.74, 6) is 5.55. The van der Waals surface area contributed by atoms with E-state index in [1.807, 2.05) is 6.08 Å². The number of hydrazine groups is 1. The van der Waals surface area contributed by atoms with Gasteiger partial charge in [0.05, 0.1) is 0 Å². The fourth-order valence-electron chi connectivity index (χ4n) is 1.99. The van der Waals surface area contributed by atoms with Gasteiger partial charge in [-0.2, -0.15) is 0 Å². The summed E-state index contributed by atoms with van der Waals surface area (Å²) in [6.07, 6.45) is 2.84. The molecule has 2 unspecified atom stereocenters. The molecule has 4 heteroatoms. The molecule has 1 aliphatic heterocycles. The zero-order valence-electron chi connectivity index (χ0n) is 9.24. The van der Waals surface area contributed by atoms with Crippen molar-refractivity contribution in [2.75, 3.05) is 33.7 Å². The molecule has 2 atom stereocenters. The van der Waals surface area contributed by atoms with Crippen LogP contribution in [0.25, 0.3) is 0 Å². The summed E-state index contributed by atoms with van der Waals surface area (Å²) < 4.78 is 0. The van der Waals surface area contributed by atoms with Gasteiger partial charge in [0.15, 0.2) is 0 Å². The highest BCUT2D eigenvalue weighted by Gasteiger charge is 2.28. The summed E-state index contributed by atoms with van der Waals surface area (Å²) in [4.78, 5) is 4.71. The summed E-state index contributed by atoms with van der Waals surface area (Å²) in [6.45, 7) is 7.07. The Hall–Kier alpha value is -0.420. The Balaban J connectivity index is 2.56. The SMILES string of the molecule is C=CCC(NN)C1CN(C)CCN1C. The van der Waals surface area contributed by atoms with E-state index in [0.29, 0.717) is 12.1 Å².